The van der Waals surface area contributed by atoms with E-state index in [-0.39, 0.29) is 5.82 Å². The molecule has 0 spiro atoms. The maximum absolute atomic E-state index is 14.3. The highest BCUT2D eigenvalue weighted by Crippen LogP contribution is 2.25. The van der Waals surface area contributed by atoms with Crippen molar-refractivity contribution in [3.63, 3.8) is 0 Å². The second-order valence-corrected chi connectivity index (χ2v) is 5.26. The van der Waals surface area contributed by atoms with Gasteiger partial charge in [-0.3, -0.25) is 0 Å². The van der Waals surface area contributed by atoms with Crippen LogP contribution in [0.1, 0.15) is 30.5 Å². The van der Waals surface area contributed by atoms with Gasteiger partial charge in [0.2, 0.25) is 0 Å². The Morgan fingerprint density at radius 3 is 2.81 bits per heavy atom. The maximum atomic E-state index is 14.3. The van der Waals surface area contributed by atoms with Gasteiger partial charge in [-0.25, -0.2) is 4.39 Å². The quantitative estimate of drug-likeness (QED) is 0.742. The Labute approximate surface area is 97.3 Å². The highest BCUT2D eigenvalue weighted by molar-refractivity contribution is 5.35. The Morgan fingerprint density at radius 1 is 1.38 bits per heavy atom. The summed E-state index contributed by atoms with van der Waals surface area (Å²) in [5.74, 6) is 0.548. The molecule has 1 heterocycles. The molecule has 0 N–H and O–H groups in total. The van der Waals surface area contributed by atoms with E-state index in [0.717, 1.165) is 37.1 Å². The molecule has 1 aliphatic rings. The molecule has 0 fully saturated rings. The first-order valence-electron chi connectivity index (χ1n) is 6.05. The zero-order valence-electron chi connectivity index (χ0n) is 10.4. The number of hydrogen-bond acceptors (Lipinski definition) is 1. The molecule has 1 aromatic rings. The third-order valence-corrected chi connectivity index (χ3v) is 3.24. The third-order valence-electron chi connectivity index (χ3n) is 3.24. The normalized spacial score (nSPS) is 16.6. The standard InChI is InChI=1S/C14H20FN/c1-10(2)8-12-5-4-11-6-7-16(3)9-13(11)14(12)15/h4-5,10H,6-9H2,1-3H3. The second-order valence-electron chi connectivity index (χ2n) is 5.26. The predicted octanol–water partition coefficient (Wildman–Crippen LogP) is 3.01. The molecular weight excluding hydrogens is 201 g/mol. The van der Waals surface area contributed by atoms with Crippen molar-refractivity contribution >= 4 is 0 Å². The number of nitrogens with zero attached hydrogens (tertiary/aromatic N) is 1. The van der Waals surface area contributed by atoms with Crippen molar-refractivity contribution in [1.82, 2.24) is 4.90 Å². The molecule has 0 saturated heterocycles. The van der Waals surface area contributed by atoms with Gasteiger partial charge in [0, 0.05) is 18.7 Å². The lowest BCUT2D eigenvalue weighted by Crippen LogP contribution is -2.27. The fourth-order valence-corrected chi connectivity index (χ4v) is 2.37. The fraction of sp³-hybridized carbons (Fsp3) is 0.571. The molecule has 16 heavy (non-hydrogen) atoms. The highest BCUT2D eigenvalue weighted by Gasteiger charge is 2.19. The molecule has 0 unspecified atom stereocenters. The van der Waals surface area contributed by atoms with Crippen molar-refractivity contribution in [2.75, 3.05) is 13.6 Å². The van der Waals surface area contributed by atoms with Gasteiger partial charge in [0.15, 0.2) is 0 Å². The monoisotopic (exact) mass is 221 g/mol. The zero-order valence-corrected chi connectivity index (χ0v) is 10.4. The van der Waals surface area contributed by atoms with E-state index in [9.17, 15) is 4.39 Å². The van der Waals surface area contributed by atoms with E-state index in [1.807, 2.05) is 6.07 Å². The van der Waals surface area contributed by atoms with Crippen LogP contribution in [0.3, 0.4) is 0 Å². The van der Waals surface area contributed by atoms with Gasteiger partial charge in [-0.1, -0.05) is 26.0 Å². The molecule has 0 bridgehead atoms. The lowest BCUT2D eigenvalue weighted by atomic mass is 9.93. The minimum absolute atomic E-state index is 0.0396. The number of benzene rings is 1. The lowest BCUT2D eigenvalue weighted by Gasteiger charge is -2.26. The van der Waals surface area contributed by atoms with Crippen LogP contribution < -0.4 is 0 Å². The first-order chi connectivity index (χ1) is 7.58. The van der Waals surface area contributed by atoms with Crippen LogP contribution >= 0.6 is 0 Å². The molecule has 0 amide bonds. The van der Waals surface area contributed by atoms with Crippen molar-refractivity contribution in [2.24, 2.45) is 5.92 Å². The van der Waals surface area contributed by atoms with Crippen LogP contribution in [-0.4, -0.2) is 18.5 Å². The average Bonchev–Trinajstić information content (AvgIpc) is 2.22. The van der Waals surface area contributed by atoms with Gasteiger partial charge < -0.3 is 4.90 Å². The van der Waals surface area contributed by atoms with Crippen LogP contribution in [0.5, 0.6) is 0 Å². The van der Waals surface area contributed by atoms with Crippen molar-refractivity contribution in [1.29, 1.82) is 0 Å². The van der Waals surface area contributed by atoms with E-state index in [1.165, 1.54) is 5.56 Å². The largest absolute Gasteiger partial charge is 0.302 e. The molecule has 2 heteroatoms. The summed E-state index contributed by atoms with van der Waals surface area (Å²) in [5.41, 5.74) is 3.00. The van der Waals surface area contributed by atoms with E-state index in [2.05, 4.69) is 31.9 Å². The first-order valence-corrected chi connectivity index (χ1v) is 6.05. The SMILES string of the molecule is CC(C)Cc1ccc2c(c1F)CN(C)CC2. The molecule has 0 aromatic heterocycles. The van der Waals surface area contributed by atoms with Crippen molar-refractivity contribution < 1.29 is 4.39 Å². The molecule has 0 saturated carbocycles. The molecule has 0 aliphatic carbocycles. The smallest absolute Gasteiger partial charge is 0.131 e. The summed E-state index contributed by atoms with van der Waals surface area (Å²) in [6.45, 7) is 6.05. The van der Waals surface area contributed by atoms with Crippen LogP contribution in [0.4, 0.5) is 4.39 Å². The van der Waals surface area contributed by atoms with E-state index >= 15 is 0 Å². The third kappa shape index (κ3) is 2.27. The van der Waals surface area contributed by atoms with E-state index in [1.54, 1.807) is 0 Å². The summed E-state index contributed by atoms with van der Waals surface area (Å²) in [6, 6.07) is 4.09. The minimum atomic E-state index is 0.0396. The fourth-order valence-electron chi connectivity index (χ4n) is 2.37. The topological polar surface area (TPSA) is 3.24 Å². The number of hydrogen-bond donors (Lipinski definition) is 0. The van der Waals surface area contributed by atoms with Gasteiger partial charge in [-0.15, -0.1) is 0 Å². The summed E-state index contributed by atoms with van der Waals surface area (Å²) in [7, 11) is 2.05. The zero-order chi connectivity index (χ0) is 11.7. The van der Waals surface area contributed by atoms with Crippen molar-refractivity contribution in [3.8, 4) is 0 Å². The Balaban J connectivity index is 2.34. The average molecular weight is 221 g/mol. The molecule has 0 atom stereocenters. The summed E-state index contributed by atoms with van der Waals surface area (Å²) in [4.78, 5) is 2.19. The van der Waals surface area contributed by atoms with Gasteiger partial charge in [0.25, 0.3) is 0 Å². The minimum Gasteiger partial charge on any atom is -0.302 e. The molecule has 1 nitrogen and oxygen atoms in total. The summed E-state index contributed by atoms with van der Waals surface area (Å²) in [6.07, 6.45) is 1.81. The maximum Gasteiger partial charge on any atom is 0.131 e. The number of halogens is 1. The number of fused-ring (bicyclic) bond motifs is 1. The van der Waals surface area contributed by atoms with Crippen LogP contribution in [0.25, 0.3) is 0 Å². The molecule has 1 aromatic carbocycles. The molecular formula is C14H20FN. The van der Waals surface area contributed by atoms with E-state index in [0.29, 0.717) is 5.92 Å². The summed E-state index contributed by atoms with van der Waals surface area (Å²) >= 11 is 0. The highest BCUT2D eigenvalue weighted by atomic mass is 19.1. The Kier molecular flexibility index (Phi) is 3.29. The summed E-state index contributed by atoms with van der Waals surface area (Å²) in [5, 5.41) is 0. The summed E-state index contributed by atoms with van der Waals surface area (Å²) < 4.78 is 14.3. The van der Waals surface area contributed by atoms with E-state index in [4.69, 9.17) is 0 Å². The lowest BCUT2D eigenvalue weighted by molar-refractivity contribution is 0.305. The van der Waals surface area contributed by atoms with E-state index < -0.39 is 0 Å². The molecule has 0 radical (unpaired) electrons. The number of likely N-dealkylation sites (N-methyl/N-ethyl adjacent to an activating group) is 1. The van der Waals surface area contributed by atoms with Crippen LogP contribution in [0.2, 0.25) is 0 Å². The molecule has 1 aliphatic heterocycles. The van der Waals surface area contributed by atoms with Gasteiger partial charge in [-0.2, -0.15) is 0 Å². The van der Waals surface area contributed by atoms with Gasteiger partial charge in [-0.05, 0) is 36.9 Å². The molecule has 2 rings (SSSR count). The van der Waals surface area contributed by atoms with Gasteiger partial charge >= 0.3 is 0 Å². The first kappa shape index (κ1) is 11.6. The number of rotatable bonds is 2. The van der Waals surface area contributed by atoms with Gasteiger partial charge in [0.05, 0.1) is 0 Å². The molecule has 88 valence electrons. The van der Waals surface area contributed by atoms with Crippen molar-refractivity contribution in [3.05, 3.63) is 34.6 Å². The Bertz CT molecular complexity index is 385. The van der Waals surface area contributed by atoms with Crippen LogP contribution in [-0.2, 0) is 19.4 Å². The Hall–Kier alpha value is -0.890. The van der Waals surface area contributed by atoms with Crippen molar-refractivity contribution in [2.45, 2.75) is 33.2 Å². The second kappa shape index (κ2) is 4.54. The van der Waals surface area contributed by atoms with Crippen LogP contribution in [0, 0.1) is 11.7 Å². The van der Waals surface area contributed by atoms with Crippen LogP contribution in [0.15, 0.2) is 12.1 Å². The Morgan fingerprint density at radius 2 is 2.12 bits per heavy atom. The predicted molar refractivity (Wildman–Crippen MR) is 65.0 cm³/mol. The van der Waals surface area contributed by atoms with Gasteiger partial charge in [0.1, 0.15) is 5.82 Å².